The lowest BCUT2D eigenvalue weighted by Crippen LogP contribution is -1.97. The van der Waals surface area contributed by atoms with Crippen LogP contribution in [0.25, 0.3) is 5.76 Å². The molecule has 1 rings (SSSR count). The number of carbonyl (C=O) groups is 1. The predicted octanol–water partition coefficient (Wildman–Crippen LogP) is 2.78. The van der Waals surface area contributed by atoms with Gasteiger partial charge in [-0.15, -0.1) is 0 Å². The Morgan fingerprint density at radius 2 is 1.93 bits per heavy atom. The van der Waals surface area contributed by atoms with E-state index < -0.39 is 0 Å². The summed E-state index contributed by atoms with van der Waals surface area (Å²) in [6, 6.07) is 7.82. The molecule has 0 aliphatic heterocycles. The van der Waals surface area contributed by atoms with Crippen molar-refractivity contribution in [3.8, 4) is 0 Å². The largest absolute Gasteiger partial charge is 0.427 e. The van der Waals surface area contributed by atoms with Crippen molar-refractivity contribution in [2.24, 2.45) is 0 Å². The fourth-order valence-corrected chi connectivity index (χ4v) is 1.16. The van der Waals surface area contributed by atoms with Crippen LogP contribution >= 0.6 is 0 Å². The predicted molar refractivity (Wildman–Crippen MR) is 56.6 cm³/mol. The second-order valence-corrected chi connectivity index (χ2v) is 3.07. The van der Waals surface area contributed by atoms with Crippen LogP contribution in [-0.4, -0.2) is 5.97 Å². The summed E-state index contributed by atoms with van der Waals surface area (Å²) in [5.41, 5.74) is 2.10. The number of esters is 1. The molecule has 2 nitrogen and oxygen atoms in total. The van der Waals surface area contributed by atoms with E-state index in [-0.39, 0.29) is 5.97 Å². The summed E-state index contributed by atoms with van der Waals surface area (Å²) in [6.45, 7) is 7.14. The van der Waals surface area contributed by atoms with Crippen LogP contribution in [0.5, 0.6) is 0 Å². The number of carbonyl (C=O) groups excluding carboxylic acids is 1. The molecule has 0 bridgehead atoms. The monoisotopic (exact) mass is 190 g/mol. The maximum atomic E-state index is 10.7. The molecule has 0 aliphatic rings. The molecule has 14 heavy (non-hydrogen) atoms. The number of hydrogen-bond donors (Lipinski definition) is 0. The van der Waals surface area contributed by atoms with Gasteiger partial charge in [0.05, 0.1) is 0 Å². The van der Waals surface area contributed by atoms with Crippen LogP contribution < -0.4 is 0 Å². The van der Waals surface area contributed by atoms with Gasteiger partial charge in [0.1, 0.15) is 5.76 Å². The van der Waals surface area contributed by atoms with Crippen molar-refractivity contribution in [1.82, 2.24) is 0 Å². The Bertz CT molecular complexity index is 336. The van der Waals surface area contributed by atoms with Crippen LogP contribution in [0, 0.1) is 0 Å². The van der Waals surface area contributed by atoms with Crippen molar-refractivity contribution < 1.29 is 9.53 Å². The van der Waals surface area contributed by atoms with Crippen molar-refractivity contribution >= 4 is 11.7 Å². The molecule has 0 fully saturated rings. The van der Waals surface area contributed by atoms with Gasteiger partial charge < -0.3 is 4.74 Å². The molecular weight excluding hydrogens is 176 g/mol. The molecule has 0 amide bonds. The number of rotatable bonds is 3. The van der Waals surface area contributed by atoms with E-state index in [0.717, 1.165) is 12.0 Å². The topological polar surface area (TPSA) is 26.3 Å². The normalized spacial score (nSPS) is 9.57. The quantitative estimate of drug-likeness (QED) is 0.541. The number of hydrogen-bond acceptors (Lipinski definition) is 2. The molecule has 0 aliphatic carbocycles. The molecule has 1 aromatic carbocycles. The summed E-state index contributed by atoms with van der Waals surface area (Å²) in [5, 5.41) is 0. The fourth-order valence-electron chi connectivity index (χ4n) is 1.16. The summed E-state index contributed by atoms with van der Waals surface area (Å²) in [6.07, 6.45) is 1.00. The zero-order valence-corrected chi connectivity index (χ0v) is 8.54. The molecule has 0 spiro atoms. The lowest BCUT2D eigenvalue weighted by molar-refractivity contribution is -0.134. The average Bonchev–Trinajstić information content (AvgIpc) is 2.17. The minimum atomic E-state index is -0.338. The minimum Gasteiger partial charge on any atom is -0.427 e. The van der Waals surface area contributed by atoms with E-state index in [1.807, 2.05) is 24.3 Å². The van der Waals surface area contributed by atoms with Crippen LogP contribution in [0.4, 0.5) is 0 Å². The third-order valence-corrected chi connectivity index (χ3v) is 1.95. The van der Waals surface area contributed by atoms with Crippen molar-refractivity contribution in [3.63, 3.8) is 0 Å². The first-order chi connectivity index (χ1) is 6.63. The van der Waals surface area contributed by atoms with Gasteiger partial charge in [-0.25, -0.2) is 0 Å². The first kappa shape index (κ1) is 10.5. The van der Waals surface area contributed by atoms with Crippen LogP contribution in [0.2, 0.25) is 0 Å². The van der Waals surface area contributed by atoms with Gasteiger partial charge in [-0.3, -0.25) is 4.79 Å². The number of benzene rings is 1. The molecule has 0 unspecified atom stereocenters. The highest BCUT2D eigenvalue weighted by Gasteiger charge is 2.02. The molecule has 0 saturated carbocycles. The lowest BCUT2D eigenvalue weighted by Gasteiger charge is -2.05. The third kappa shape index (κ3) is 2.73. The molecular formula is C12H14O2. The Labute approximate surface area is 84.2 Å². The van der Waals surface area contributed by atoms with Gasteiger partial charge in [0.15, 0.2) is 0 Å². The summed E-state index contributed by atoms with van der Waals surface area (Å²) < 4.78 is 4.88. The standard InChI is InChI=1S/C12H14O2/c1-4-11-5-7-12(8-6-11)9(2)14-10(3)13/h5-8H,2,4H2,1,3H3. The van der Waals surface area contributed by atoms with E-state index in [1.54, 1.807) is 0 Å². The van der Waals surface area contributed by atoms with Gasteiger partial charge in [0, 0.05) is 12.5 Å². The maximum absolute atomic E-state index is 10.7. The zero-order chi connectivity index (χ0) is 10.6. The highest BCUT2D eigenvalue weighted by Crippen LogP contribution is 2.14. The molecule has 1 aromatic rings. The average molecular weight is 190 g/mol. The summed E-state index contributed by atoms with van der Waals surface area (Å²) >= 11 is 0. The van der Waals surface area contributed by atoms with Gasteiger partial charge in [-0.05, 0) is 12.0 Å². The van der Waals surface area contributed by atoms with Crippen molar-refractivity contribution in [2.75, 3.05) is 0 Å². The zero-order valence-electron chi connectivity index (χ0n) is 8.54. The van der Waals surface area contributed by atoms with Crippen molar-refractivity contribution in [2.45, 2.75) is 20.3 Å². The Hall–Kier alpha value is -1.57. The molecule has 0 saturated heterocycles. The first-order valence-electron chi connectivity index (χ1n) is 4.60. The Balaban J connectivity index is 2.76. The molecule has 0 aromatic heterocycles. The van der Waals surface area contributed by atoms with Gasteiger partial charge in [-0.2, -0.15) is 0 Å². The SMILES string of the molecule is C=C(OC(C)=O)c1ccc(CC)cc1. The van der Waals surface area contributed by atoms with Crippen LogP contribution in [-0.2, 0) is 16.0 Å². The summed E-state index contributed by atoms with van der Waals surface area (Å²) in [5.74, 6) is 0.0646. The molecule has 0 radical (unpaired) electrons. The Morgan fingerprint density at radius 1 is 1.36 bits per heavy atom. The Kier molecular flexibility index (Phi) is 3.46. The second-order valence-electron chi connectivity index (χ2n) is 3.07. The number of ether oxygens (including phenoxy) is 1. The van der Waals surface area contributed by atoms with Gasteiger partial charge in [0.25, 0.3) is 0 Å². The van der Waals surface area contributed by atoms with Gasteiger partial charge in [0.2, 0.25) is 0 Å². The van der Waals surface area contributed by atoms with E-state index in [0.29, 0.717) is 5.76 Å². The van der Waals surface area contributed by atoms with Gasteiger partial charge >= 0.3 is 5.97 Å². The van der Waals surface area contributed by atoms with E-state index in [9.17, 15) is 4.79 Å². The molecule has 0 heterocycles. The molecule has 0 atom stereocenters. The number of aryl methyl sites for hydroxylation is 1. The molecule has 2 heteroatoms. The lowest BCUT2D eigenvalue weighted by atomic mass is 10.1. The maximum Gasteiger partial charge on any atom is 0.308 e. The van der Waals surface area contributed by atoms with E-state index >= 15 is 0 Å². The highest BCUT2D eigenvalue weighted by molar-refractivity contribution is 5.75. The van der Waals surface area contributed by atoms with E-state index in [4.69, 9.17) is 4.74 Å². The van der Waals surface area contributed by atoms with Crippen molar-refractivity contribution in [3.05, 3.63) is 42.0 Å². The Morgan fingerprint density at radius 3 is 2.36 bits per heavy atom. The van der Waals surface area contributed by atoms with E-state index in [1.165, 1.54) is 12.5 Å². The third-order valence-electron chi connectivity index (χ3n) is 1.95. The molecule has 74 valence electrons. The smallest absolute Gasteiger partial charge is 0.308 e. The highest BCUT2D eigenvalue weighted by atomic mass is 16.5. The summed E-state index contributed by atoms with van der Waals surface area (Å²) in [7, 11) is 0. The minimum absolute atomic E-state index is 0.338. The summed E-state index contributed by atoms with van der Waals surface area (Å²) in [4.78, 5) is 10.7. The van der Waals surface area contributed by atoms with Crippen LogP contribution in [0.1, 0.15) is 25.0 Å². The first-order valence-corrected chi connectivity index (χ1v) is 4.60. The van der Waals surface area contributed by atoms with Crippen LogP contribution in [0.3, 0.4) is 0 Å². The van der Waals surface area contributed by atoms with Crippen molar-refractivity contribution in [1.29, 1.82) is 0 Å². The van der Waals surface area contributed by atoms with Crippen LogP contribution in [0.15, 0.2) is 30.8 Å². The molecule has 0 N–H and O–H groups in total. The van der Waals surface area contributed by atoms with E-state index in [2.05, 4.69) is 13.5 Å². The van der Waals surface area contributed by atoms with Gasteiger partial charge in [-0.1, -0.05) is 37.8 Å². The second kappa shape index (κ2) is 4.61. The fraction of sp³-hybridized carbons (Fsp3) is 0.250.